The molecule has 0 saturated heterocycles. The SMILES string of the molecule is CCCCCCC1CC[C@@H]2C[C@H](c3ccc(-c4ccc(OCC)cc4)cc3)CC[C@@H]2C1. The second-order valence-corrected chi connectivity index (χ2v) is 10.1. The standard InChI is InChI=1S/C30H42O/c1-3-5-6-7-8-23-9-10-29-22-28(16-15-27(29)21-23)26-13-11-24(12-14-26)25-17-19-30(20-18-25)31-4-2/h11-14,17-20,23,27-29H,3-10,15-16,21-22H2,1-2H3/t23?,27-,28-,29-/m1/s1. The van der Waals surface area contributed by atoms with Crippen LogP contribution in [0.2, 0.25) is 0 Å². The minimum atomic E-state index is 0.719. The maximum Gasteiger partial charge on any atom is 0.119 e. The number of ether oxygens (including phenoxy) is 1. The Morgan fingerprint density at radius 1 is 0.710 bits per heavy atom. The summed E-state index contributed by atoms with van der Waals surface area (Å²) in [6, 6.07) is 17.9. The van der Waals surface area contributed by atoms with Crippen molar-refractivity contribution >= 4 is 0 Å². The van der Waals surface area contributed by atoms with Gasteiger partial charge in [0.1, 0.15) is 5.75 Å². The van der Waals surface area contributed by atoms with Gasteiger partial charge in [-0.25, -0.2) is 0 Å². The van der Waals surface area contributed by atoms with E-state index in [0.29, 0.717) is 0 Å². The first-order chi connectivity index (χ1) is 15.3. The molecule has 2 aromatic carbocycles. The van der Waals surface area contributed by atoms with Gasteiger partial charge < -0.3 is 4.74 Å². The van der Waals surface area contributed by atoms with Crippen LogP contribution in [-0.4, -0.2) is 6.61 Å². The average Bonchev–Trinajstić information content (AvgIpc) is 2.82. The van der Waals surface area contributed by atoms with Gasteiger partial charge in [-0.05, 0) is 91.5 Å². The molecule has 0 spiro atoms. The Bertz CT molecular complexity index is 775. The quantitative estimate of drug-likeness (QED) is 0.369. The highest BCUT2D eigenvalue weighted by Gasteiger charge is 2.35. The van der Waals surface area contributed by atoms with E-state index in [9.17, 15) is 0 Å². The van der Waals surface area contributed by atoms with Gasteiger partial charge in [0, 0.05) is 0 Å². The molecular formula is C30H42O. The van der Waals surface area contributed by atoms with Gasteiger partial charge in [-0.15, -0.1) is 0 Å². The fourth-order valence-electron chi connectivity index (χ4n) is 6.27. The summed E-state index contributed by atoms with van der Waals surface area (Å²) in [5.74, 6) is 4.76. The normalized spacial score (nSPS) is 25.7. The van der Waals surface area contributed by atoms with Crippen molar-refractivity contribution in [3.63, 3.8) is 0 Å². The maximum atomic E-state index is 5.57. The van der Waals surface area contributed by atoms with Crippen LogP contribution < -0.4 is 4.74 Å². The third-order valence-electron chi connectivity index (χ3n) is 8.07. The largest absolute Gasteiger partial charge is 0.494 e. The number of fused-ring (bicyclic) bond motifs is 1. The van der Waals surface area contributed by atoms with Crippen molar-refractivity contribution in [1.29, 1.82) is 0 Å². The average molecular weight is 419 g/mol. The lowest BCUT2D eigenvalue weighted by atomic mass is 9.63. The summed E-state index contributed by atoms with van der Waals surface area (Å²) in [6.07, 6.45) is 16.0. The lowest BCUT2D eigenvalue weighted by molar-refractivity contribution is 0.113. The highest BCUT2D eigenvalue weighted by atomic mass is 16.5. The zero-order chi connectivity index (χ0) is 21.5. The van der Waals surface area contributed by atoms with E-state index in [2.05, 4.69) is 55.5 Å². The van der Waals surface area contributed by atoms with Gasteiger partial charge in [0.15, 0.2) is 0 Å². The van der Waals surface area contributed by atoms with E-state index in [1.807, 2.05) is 6.92 Å². The summed E-state index contributed by atoms with van der Waals surface area (Å²) in [4.78, 5) is 0. The van der Waals surface area contributed by atoms with Crippen LogP contribution in [0.25, 0.3) is 11.1 Å². The molecule has 1 nitrogen and oxygen atoms in total. The van der Waals surface area contributed by atoms with Gasteiger partial charge in [0.05, 0.1) is 6.61 Å². The number of unbranched alkanes of at least 4 members (excludes halogenated alkanes) is 3. The monoisotopic (exact) mass is 418 g/mol. The van der Waals surface area contributed by atoms with Crippen molar-refractivity contribution in [3.8, 4) is 16.9 Å². The highest BCUT2D eigenvalue weighted by molar-refractivity contribution is 5.64. The fourth-order valence-corrected chi connectivity index (χ4v) is 6.27. The molecule has 2 aliphatic carbocycles. The van der Waals surface area contributed by atoms with Crippen LogP contribution in [0.5, 0.6) is 5.75 Å². The minimum absolute atomic E-state index is 0.719. The Hall–Kier alpha value is -1.76. The van der Waals surface area contributed by atoms with Crippen LogP contribution in [0.15, 0.2) is 48.5 Å². The van der Waals surface area contributed by atoms with Gasteiger partial charge in [0.2, 0.25) is 0 Å². The molecule has 0 aromatic heterocycles. The summed E-state index contributed by atoms with van der Waals surface area (Å²) < 4.78 is 5.57. The minimum Gasteiger partial charge on any atom is -0.494 e. The molecule has 2 fully saturated rings. The molecule has 0 aliphatic heterocycles. The second-order valence-electron chi connectivity index (χ2n) is 10.1. The molecule has 4 rings (SSSR count). The van der Waals surface area contributed by atoms with E-state index in [4.69, 9.17) is 4.74 Å². The molecule has 0 radical (unpaired) electrons. The van der Waals surface area contributed by atoms with Gasteiger partial charge in [-0.1, -0.05) is 81.8 Å². The topological polar surface area (TPSA) is 9.23 Å². The number of hydrogen-bond acceptors (Lipinski definition) is 1. The Morgan fingerprint density at radius 2 is 1.39 bits per heavy atom. The van der Waals surface area contributed by atoms with Gasteiger partial charge in [0.25, 0.3) is 0 Å². The van der Waals surface area contributed by atoms with Gasteiger partial charge in [-0.3, -0.25) is 0 Å². The molecule has 2 aliphatic rings. The van der Waals surface area contributed by atoms with Crippen LogP contribution in [0, 0.1) is 17.8 Å². The van der Waals surface area contributed by atoms with Crippen LogP contribution >= 0.6 is 0 Å². The molecule has 0 heterocycles. The third-order valence-corrected chi connectivity index (χ3v) is 8.07. The number of rotatable bonds is 9. The summed E-state index contributed by atoms with van der Waals surface area (Å²) in [5.41, 5.74) is 4.15. The predicted octanol–water partition coefficient (Wildman–Crippen LogP) is 9.02. The molecule has 0 bridgehead atoms. The Labute approximate surface area is 190 Å². The molecule has 31 heavy (non-hydrogen) atoms. The van der Waals surface area contributed by atoms with E-state index >= 15 is 0 Å². The zero-order valence-corrected chi connectivity index (χ0v) is 19.8. The van der Waals surface area contributed by atoms with Gasteiger partial charge in [-0.2, -0.15) is 0 Å². The van der Waals surface area contributed by atoms with Crippen molar-refractivity contribution in [2.75, 3.05) is 6.61 Å². The number of benzene rings is 2. The molecule has 2 saturated carbocycles. The van der Waals surface area contributed by atoms with E-state index in [1.54, 1.807) is 5.56 Å². The van der Waals surface area contributed by atoms with Crippen molar-refractivity contribution in [3.05, 3.63) is 54.1 Å². The van der Waals surface area contributed by atoms with Gasteiger partial charge >= 0.3 is 0 Å². The maximum absolute atomic E-state index is 5.57. The summed E-state index contributed by atoms with van der Waals surface area (Å²) >= 11 is 0. The second kappa shape index (κ2) is 11.2. The van der Waals surface area contributed by atoms with Crippen LogP contribution in [-0.2, 0) is 0 Å². The first-order valence-electron chi connectivity index (χ1n) is 13.1. The number of hydrogen-bond donors (Lipinski definition) is 0. The fraction of sp³-hybridized carbons (Fsp3) is 0.600. The van der Waals surface area contributed by atoms with Crippen molar-refractivity contribution < 1.29 is 4.74 Å². The first-order valence-corrected chi connectivity index (χ1v) is 13.1. The first kappa shape index (κ1) is 22.4. The van der Waals surface area contributed by atoms with E-state index in [-0.39, 0.29) is 0 Å². The molecule has 168 valence electrons. The molecule has 1 unspecified atom stereocenters. The molecular weight excluding hydrogens is 376 g/mol. The predicted molar refractivity (Wildman–Crippen MR) is 133 cm³/mol. The molecule has 4 atom stereocenters. The van der Waals surface area contributed by atoms with E-state index in [0.717, 1.165) is 36.0 Å². The Morgan fingerprint density at radius 3 is 2.10 bits per heavy atom. The van der Waals surface area contributed by atoms with Crippen LogP contribution in [0.4, 0.5) is 0 Å². The zero-order valence-electron chi connectivity index (χ0n) is 19.8. The lowest BCUT2D eigenvalue weighted by Gasteiger charge is -2.42. The molecule has 2 aromatic rings. The molecule has 0 N–H and O–H groups in total. The van der Waals surface area contributed by atoms with Crippen molar-refractivity contribution in [2.45, 2.75) is 90.4 Å². The van der Waals surface area contributed by atoms with Crippen LogP contribution in [0.3, 0.4) is 0 Å². The smallest absolute Gasteiger partial charge is 0.119 e. The summed E-state index contributed by atoms with van der Waals surface area (Å²) in [5, 5.41) is 0. The third kappa shape index (κ3) is 5.93. The van der Waals surface area contributed by atoms with E-state index < -0.39 is 0 Å². The lowest BCUT2D eigenvalue weighted by Crippen LogP contribution is -2.30. The Kier molecular flexibility index (Phi) is 8.11. The van der Waals surface area contributed by atoms with Crippen molar-refractivity contribution in [1.82, 2.24) is 0 Å². The van der Waals surface area contributed by atoms with E-state index in [1.165, 1.54) is 81.8 Å². The molecule has 1 heteroatoms. The molecule has 0 amide bonds. The highest BCUT2D eigenvalue weighted by Crippen LogP contribution is 2.48. The summed E-state index contributed by atoms with van der Waals surface area (Å²) in [6.45, 7) is 5.06. The van der Waals surface area contributed by atoms with Crippen LogP contribution in [0.1, 0.15) is 96.0 Å². The summed E-state index contributed by atoms with van der Waals surface area (Å²) in [7, 11) is 0. The van der Waals surface area contributed by atoms with Crippen molar-refractivity contribution in [2.24, 2.45) is 17.8 Å². The Balaban J connectivity index is 1.30.